The van der Waals surface area contributed by atoms with Crippen LogP contribution in [0.3, 0.4) is 0 Å². The highest BCUT2D eigenvalue weighted by Gasteiger charge is 2.57. The van der Waals surface area contributed by atoms with E-state index in [0.29, 0.717) is 0 Å². The molecular weight excluding hydrogens is 285 g/mol. The van der Waals surface area contributed by atoms with Crippen LogP contribution in [-0.2, 0) is 9.13 Å². The van der Waals surface area contributed by atoms with Crippen LogP contribution >= 0.6 is 42.7 Å². The van der Waals surface area contributed by atoms with Crippen LogP contribution in [0.4, 0.5) is 0 Å². The van der Waals surface area contributed by atoms with Crippen LogP contribution in [0.2, 0.25) is 0 Å². The van der Waals surface area contributed by atoms with Crippen molar-refractivity contribution in [1.29, 1.82) is 0 Å². The van der Waals surface area contributed by atoms with Gasteiger partial charge in [-0.2, -0.15) is 0 Å². The lowest BCUT2D eigenvalue weighted by atomic mass is 11.8. The summed E-state index contributed by atoms with van der Waals surface area (Å²) in [5.74, 6) is 0. The van der Waals surface area contributed by atoms with E-state index in [9.17, 15) is 9.13 Å². The molecule has 4 N–H and O–H groups in total. The van der Waals surface area contributed by atoms with Gasteiger partial charge in [-0.25, -0.2) is 0 Å². The van der Waals surface area contributed by atoms with Crippen LogP contribution in [0.5, 0.6) is 0 Å². The minimum Gasteiger partial charge on any atom is -0.322 e. The van der Waals surface area contributed by atoms with Gasteiger partial charge in [-0.1, -0.05) is 11.6 Å². The van der Waals surface area contributed by atoms with Gasteiger partial charge in [-0.05, 0) is 15.9 Å². The molecule has 0 heterocycles. The fourth-order valence-electron chi connectivity index (χ4n) is 0.170. The van der Waals surface area contributed by atoms with E-state index in [0.717, 1.165) is 0 Å². The second-order valence-corrected chi connectivity index (χ2v) is 9.43. The number of rotatable bonds is 2. The minimum atomic E-state index is -5.07. The van der Waals surface area contributed by atoms with Crippen molar-refractivity contribution in [3.05, 3.63) is 0 Å². The SMILES string of the molecule is O=P(O)(O)C(Cl)(Br)P(=O)(O)O. The molecule has 0 radical (unpaired) electrons. The fourth-order valence-corrected chi connectivity index (χ4v) is 1.53. The van der Waals surface area contributed by atoms with Crippen molar-refractivity contribution >= 4 is 42.7 Å². The topological polar surface area (TPSA) is 115 Å². The molecule has 6 nitrogen and oxygen atoms in total. The molecule has 0 fully saturated rings. The summed E-state index contributed by atoms with van der Waals surface area (Å²) in [6.07, 6.45) is 0. The normalized spacial score (nSPS) is 15.1. The van der Waals surface area contributed by atoms with Gasteiger partial charge in [0.15, 0.2) is 0 Å². The number of hydrogen-bond donors (Lipinski definition) is 4. The highest BCUT2D eigenvalue weighted by molar-refractivity contribution is 9.13. The Morgan fingerprint density at radius 2 is 1.27 bits per heavy atom. The Morgan fingerprint density at radius 3 is 1.27 bits per heavy atom. The summed E-state index contributed by atoms with van der Waals surface area (Å²) in [7, 11) is -10.1. The average molecular weight is 289 g/mol. The second-order valence-electron chi connectivity index (χ2n) is 1.60. The molecule has 0 aliphatic carbocycles. The van der Waals surface area contributed by atoms with Crippen molar-refractivity contribution in [2.24, 2.45) is 0 Å². The zero-order valence-electron chi connectivity index (χ0n) is 4.76. The van der Waals surface area contributed by atoms with Crippen molar-refractivity contribution in [2.45, 2.75) is 3.27 Å². The van der Waals surface area contributed by atoms with E-state index >= 15 is 0 Å². The van der Waals surface area contributed by atoms with Gasteiger partial charge in [0.25, 0.3) is 3.27 Å². The molecule has 0 aromatic carbocycles. The van der Waals surface area contributed by atoms with Crippen molar-refractivity contribution in [3.63, 3.8) is 0 Å². The summed E-state index contributed by atoms with van der Waals surface area (Å²) in [5.41, 5.74) is 0. The summed E-state index contributed by atoms with van der Waals surface area (Å²) in [5, 5.41) is 0. The van der Waals surface area contributed by atoms with Crippen LogP contribution in [0, 0.1) is 0 Å². The monoisotopic (exact) mass is 288 g/mol. The smallest absolute Gasteiger partial charge is 0.322 e. The number of alkyl halides is 2. The Morgan fingerprint density at radius 1 is 1.09 bits per heavy atom. The van der Waals surface area contributed by atoms with E-state index in [1.807, 2.05) is 0 Å². The first-order valence-corrected chi connectivity index (χ1v) is 6.39. The quantitative estimate of drug-likeness (QED) is 0.437. The second kappa shape index (κ2) is 3.09. The lowest BCUT2D eigenvalue weighted by Gasteiger charge is -2.21. The third kappa shape index (κ3) is 2.50. The summed E-state index contributed by atoms with van der Waals surface area (Å²) in [6, 6.07) is 0. The number of hydrogen-bond acceptors (Lipinski definition) is 2. The predicted molar refractivity (Wildman–Crippen MR) is 41.6 cm³/mol. The molecule has 0 aliphatic heterocycles. The van der Waals surface area contributed by atoms with Crippen molar-refractivity contribution < 1.29 is 28.7 Å². The molecule has 11 heavy (non-hydrogen) atoms. The molecule has 68 valence electrons. The van der Waals surface area contributed by atoms with Crippen LogP contribution in [-0.4, -0.2) is 22.8 Å². The molecule has 0 rings (SSSR count). The van der Waals surface area contributed by atoms with Gasteiger partial charge in [-0.15, -0.1) is 0 Å². The van der Waals surface area contributed by atoms with E-state index < -0.39 is 18.5 Å². The van der Waals surface area contributed by atoms with Gasteiger partial charge in [0.2, 0.25) is 0 Å². The molecule has 0 aromatic rings. The summed E-state index contributed by atoms with van der Waals surface area (Å²) in [4.78, 5) is 33.3. The lowest BCUT2D eigenvalue weighted by molar-refractivity contribution is 0.348. The first-order chi connectivity index (χ1) is 4.50. The lowest BCUT2D eigenvalue weighted by Crippen LogP contribution is -2.12. The predicted octanol–water partition coefficient (Wildman–Crippen LogP) is 0.587. The van der Waals surface area contributed by atoms with E-state index in [1.165, 1.54) is 0 Å². The molecule has 0 spiro atoms. The van der Waals surface area contributed by atoms with E-state index in [-0.39, 0.29) is 0 Å². The fraction of sp³-hybridized carbons (Fsp3) is 1.00. The molecule has 0 bridgehead atoms. The van der Waals surface area contributed by atoms with E-state index in [1.54, 1.807) is 0 Å². The molecule has 0 unspecified atom stereocenters. The van der Waals surface area contributed by atoms with Crippen LogP contribution in [0.25, 0.3) is 0 Å². The molecular formula is CH4BrClO6P2. The average Bonchev–Trinajstić information content (AvgIpc) is 1.58. The maximum absolute atomic E-state index is 10.3. The zero-order valence-corrected chi connectivity index (χ0v) is 8.89. The maximum atomic E-state index is 10.3. The van der Waals surface area contributed by atoms with E-state index in [4.69, 9.17) is 31.2 Å². The van der Waals surface area contributed by atoms with Crippen molar-refractivity contribution in [1.82, 2.24) is 0 Å². The zero-order chi connectivity index (χ0) is 9.50. The van der Waals surface area contributed by atoms with Crippen molar-refractivity contribution in [3.8, 4) is 0 Å². The third-order valence-corrected chi connectivity index (χ3v) is 7.76. The van der Waals surface area contributed by atoms with Gasteiger partial charge in [0.05, 0.1) is 0 Å². The minimum absolute atomic E-state index is 2.06. The first-order valence-electron chi connectivity index (χ1n) is 1.99. The Kier molecular flexibility index (Phi) is 3.39. The van der Waals surface area contributed by atoms with E-state index in [2.05, 4.69) is 15.9 Å². The molecule has 0 saturated carbocycles. The molecule has 0 saturated heterocycles. The Labute approximate surface area is 75.0 Å². The highest BCUT2D eigenvalue weighted by Crippen LogP contribution is 2.74. The standard InChI is InChI=1S/CH4BrClO6P2/c2-1(3,10(4,5)6)11(7,8)9/h(H2,4,5,6)(H2,7,8,9). The van der Waals surface area contributed by atoms with Crippen LogP contribution in [0.1, 0.15) is 0 Å². The molecule has 0 aliphatic rings. The van der Waals surface area contributed by atoms with Gasteiger partial charge in [0.1, 0.15) is 0 Å². The third-order valence-electron chi connectivity index (χ3n) is 0.701. The largest absolute Gasteiger partial charge is 0.369 e. The molecule has 0 atom stereocenters. The van der Waals surface area contributed by atoms with Gasteiger partial charge >= 0.3 is 15.2 Å². The molecule has 0 amide bonds. The summed E-state index contributed by atoms with van der Waals surface area (Å²) >= 11 is 6.94. The Bertz CT molecular complexity index is 213. The maximum Gasteiger partial charge on any atom is 0.369 e. The van der Waals surface area contributed by atoms with Gasteiger partial charge in [-0.3, -0.25) is 9.13 Å². The first kappa shape index (κ1) is 12.1. The molecule has 10 heteroatoms. The number of halogens is 2. The van der Waals surface area contributed by atoms with Gasteiger partial charge in [0, 0.05) is 0 Å². The van der Waals surface area contributed by atoms with Gasteiger partial charge < -0.3 is 19.6 Å². The highest BCUT2D eigenvalue weighted by atomic mass is 79.9. The van der Waals surface area contributed by atoms with Crippen LogP contribution < -0.4 is 0 Å². The van der Waals surface area contributed by atoms with Crippen molar-refractivity contribution in [2.75, 3.05) is 0 Å². The van der Waals surface area contributed by atoms with Crippen LogP contribution in [0.15, 0.2) is 0 Å². The summed E-state index contributed by atoms with van der Waals surface area (Å²) in [6.45, 7) is 0. The Hall–Kier alpha value is 1.07. The Balaban J connectivity index is 5.08. The summed E-state index contributed by atoms with van der Waals surface area (Å²) < 4.78 is 17.6. The molecule has 0 aromatic heterocycles.